The van der Waals surface area contributed by atoms with E-state index in [1.165, 1.54) is 21.8 Å². The third-order valence-corrected chi connectivity index (χ3v) is 3.73. The van der Waals surface area contributed by atoms with E-state index in [4.69, 9.17) is 0 Å². The molecule has 104 valence electrons. The molecular formula is C13H12BrFN4O. The minimum absolute atomic E-state index is 0.0644. The fraction of sp³-hybridized carbons (Fsp3) is 0.308. The van der Waals surface area contributed by atoms with Crippen molar-refractivity contribution in [3.8, 4) is 0 Å². The Morgan fingerprint density at radius 1 is 1.45 bits per heavy atom. The monoisotopic (exact) mass is 338 g/mol. The fourth-order valence-corrected chi connectivity index (χ4v) is 2.92. The first-order chi connectivity index (χ1) is 9.65. The summed E-state index contributed by atoms with van der Waals surface area (Å²) in [5.74, 6) is -0.557. The molecule has 0 saturated heterocycles. The molecule has 0 radical (unpaired) electrons. The summed E-state index contributed by atoms with van der Waals surface area (Å²) in [6, 6.07) is 3.26. The second kappa shape index (κ2) is 5.32. The summed E-state index contributed by atoms with van der Waals surface area (Å²) in [7, 11) is 0. The van der Waals surface area contributed by atoms with E-state index in [2.05, 4.69) is 26.2 Å². The number of benzene rings is 1. The number of fused-ring (bicyclic) bond motifs is 1. The molecule has 0 aliphatic carbocycles. The standard InChI is InChI=1S/C13H12BrFN4O/c14-10-6-9-2-1-4-19(13(9)11(15)7-10)12(20)8-18-5-3-16-17-18/h3,5-7H,1-2,4,8H2. The SMILES string of the molecule is O=C(Cn1ccnn1)N1CCCc2cc(Br)cc(F)c21. The molecule has 0 bridgehead atoms. The van der Waals surface area contributed by atoms with Crippen molar-refractivity contribution < 1.29 is 9.18 Å². The van der Waals surface area contributed by atoms with Gasteiger partial charge in [-0.25, -0.2) is 9.07 Å². The highest BCUT2D eigenvalue weighted by Crippen LogP contribution is 2.33. The first kappa shape index (κ1) is 13.2. The highest BCUT2D eigenvalue weighted by molar-refractivity contribution is 9.10. The van der Waals surface area contributed by atoms with E-state index in [-0.39, 0.29) is 18.3 Å². The Bertz CT molecular complexity index is 644. The first-order valence-electron chi connectivity index (χ1n) is 6.27. The van der Waals surface area contributed by atoms with Crippen LogP contribution in [0.25, 0.3) is 0 Å². The van der Waals surface area contributed by atoms with Crippen molar-refractivity contribution >= 4 is 27.5 Å². The smallest absolute Gasteiger partial charge is 0.248 e. The summed E-state index contributed by atoms with van der Waals surface area (Å²) in [6.45, 7) is 0.591. The highest BCUT2D eigenvalue weighted by Gasteiger charge is 2.26. The summed E-state index contributed by atoms with van der Waals surface area (Å²) in [5, 5.41) is 7.42. The maximum Gasteiger partial charge on any atom is 0.248 e. The van der Waals surface area contributed by atoms with Crippen molar-refractivity contribution in [2.45, 2.75) is 19.4 Å². The lowest BCUT2D eigenvalue weighted by molar-refractivity contribution is -0.119. The quantitative estimate of drug-likeness (QED) is 0.843. The number of carbonyl (C=O) groups excluding carboxylic acids is 1. The van der Waals surface area contributed by atoms with Gasteiger partial charge in [0.15, 0.2) is 0 Å². The number of nitrogens with zero attached hydrogens (tertiary/aromatic N) is 4. The Kier molecular flexibility index (Phi) is 3.52. The van der Waals surface area contributed by atoms with Gasteiger partial charge in [-0.2, -0.15) is 0 Å². The Labute approximate surface area is 123 Å². The van der Waals surface area contributed by atoms with Gasteiger partial charge in [0.25, 0.3) is 0 Å². The molecule has 0 unspecified atom stereocenters. The Morgan fingerprint density at radius 3 is 3.05 bits per heavy atom. The van der Waals surface area contributed by atoms with Gasteiger partial charge in [0.2, 0.25) is 5.91 Å². The summed E-state index contributed by atoms with van der Waals surface area (Å²) >= 11 is 3.28. The van der Waals surface area contributed by atoms with Crippen molar-refractivity contribution in [3.05, 3.63) is 40.4 Å². The van der Waals surface area contributed by atoms with Crippen LogP contribution in [0.1, 0.15) is 12.0 Å². The summed E-state index contributed by atoms with van der Waals surface area (Å²) in [5.41, 5.74) is 1.25. The topological polar surface area (TPSA) is 51.0 Å². The molecule has 1 aliphatic rings. The van der Waals surface area contributed by atoms with Crippen LogP contribution < -0.4 is 4.90 Å². The summed E-state index contributed by atoms with van der Waals surface area (Å²) in [6.07, 6.45) is 4.72. The number of hydrogen-bond acceptors (Lipinski definition) is 3. The van der Waals surface area contributed by atoms with Crippen molar-refractivity contribution in [2.75, 3.05) is 11.4 Å². The molecule has 0 N–H and O–H groups in total. The van der Waals surface area contributed by atoms with Crippen LogP contribution in [0.5, 0.6) is 0 Å². The number of rotatable bonds is 2. The molecule has 0 saturated carbocycles. The zero-order valence-corrected chi connectivity index (χ0v) is 12.2. The number of aromatic nitrogens is 3. The van der Waals surface area contributed by atoms with Crippen LogP contribution in [0, 0.1) is 5.82 Å². The number of amides is 1. The van der Waals surface area contributed by atoms with Crippen LogP contribution >= 0.6 is 15.9 Å². The molecule has 20 heavy (non-hydrogen) atoms. The van der Waals surface area contributed by atoms with E-state index in [1.807, 2.05) is 6.07 Å². The van der Waals surface area contributed by atoms with Gasteiger partial charge in [0.05, 0.1) is 11.9 Å². The maximum absolute atomic E-state index is 14.2. The van der Waals surface area contributed by atoms with Crippen LogP contribution in [0.3, 0.4) is 0 Å². The first-order valence-corrected chi connectivity index (χ1v) is 7.07. The van der Waals surface area contributed by atoms with Gasteiger partial charge < -0.3 is 4.90 Å². The lowest BCUT2D eigenvalue weighted by Gasteiger charge is -2.30. The molecule has 1 aliphatic heterocycles. The molecule has 5 nitrogen and oxygen atoms in total. The Morgan fingerprint density at radius 2 is 2.30 bits per heavy atom. The molecule has 3 rings (SSSR count). The predicted octanol–water partition coefficient (Wildman–Crippen LogP) is 2.16. The molecule has 2 heterocycles. The third-order valence-electron chi connectivity index (χ3n) is 3.28. The minimum Gasteiger partial charge on any atom is -0.308 e. The maximum atomic E-state index is 14.2. The zero-order chi connectivity index (χ0) is 14.1. The average Bonchev–Trinajstić information content (AvgIpc) is 2.90. The van der Waals surface area contributed by atoms with Crippen LogP contribution in [-0.4, -0.2) is 27.4 Å². The lowest BCUT2D eigenvalue weighted by Crippen LogP contribution is -2.38. The molecule has 1 aromatic carbocycles. The molecule has 1 aromatic heterocycles. The van der Waals surface area contributed by atoms with E-state index >= 15 is 0 Å². The molecule has 0 atom stereocenters. The van der Waals surface area contributed by atoms with Crippen LogP contribution in [0.2, 0.25) is 0 Å². The minimum atomic E-state index is -0.374. The van der Waals surface area contributed by atoms with Crippen LogP contribution in [0.15, 0.2) is 29.0 Å². The van der Waals surface area contributed by atoms with Gasteiger partial charge in [0, 0.05) is 17.2 Å². The van der Waals surface area contributed by atoms with Crippen molar-refractivity contribution in [1.29, 1.82) is 0 Å². The van der Waals surface area contributed by atoms with Gasteiger partial charge in [-0.3, -0.25) is 4.79 Å². The highest BCUT2D eigenvalue weighted by atomic mass is 79.9. The van der Waals surface area contributed by atoms with Crippen molar-refractivity contribution in [2.24, 2.45) is 0 Å². The summed E-state index contributed by atoms with van der Waals surface area (Å²) < 4.78 is 16.3. The van der Waals surface area contributed by atoms with Crippen LogP contribution in [-0.2, 0) is 17.8 Å². The number of carbonyl (C=O) groups is 1. The van der Waals surface area contributed by atoms with Gasteiger partial charge in [-0.05, 0) is 30.5 Å². The Hall–Kier alpha value is -1.76. The predicted molar refractivity (Wildman–Crippen MR) is 74.8 cm³/mol. The number of anilines is 1. The van der Waals surface area contributed by atoms with Gasteiger partial charge in [-0.1, -0.05) is 21.1 Å². The lowest BCUT2D eigenvalue weighted by atomic mass is 10.0. The van der Waals surface area contributed by atoms with Gasteiger partial charge >= 0.3 is 0 Å². The zero-order valence-electron chi connectivity index (χ0n) is 10.6. The van der Waals surface area contributed by atoms with Gasteiger partial charge in [-0.15, -0.1) is 5.10 Å². The normalized spacial score (nSPS) is 14.2. The molecular weight excluding hydrogens is 327 g/mol. The second-order valence-electron chi connectivity index (χ2n) is 4.64. The largest absolute Gasteiger partial charge is 0.308 e. The van der Waals surface area contributed by atoms with Crippen LogP contribution in [0.4, 0.5) is 10.1 Å². The van der Waals surface area contributed by atoms with Crippen molar-refractivity contribution in [1.82, 2.24) is 15.0 Å². The fourth-order valence-electron chi connectivity index (χ4n) is 2.44. The number of hydrogen-bond donors (Lipinski definition) is 0. The molecule has 2 aromatic rings. The Balaban J connectivity index is 1.91. The molecule has 0 fully saturated rings. The number of aryl methyl sites for hydroxylation is 1. The molecule has 7 heteroatoms. The second-order valence-corrected chi connectivity index (χ2v) is 5.56. The third kappa shape index (κ3) is 2.45. The van der Waals surface area contributed by atoms with E-state index in [1.54, 1.807) is 6.20 Å². The molecule has 1 amide bonds. The van der Waals surface area contributed by atoms with Crippen molar-refractivity contribution in [3.63, 3.8) is 0 Å². The summed E-state index contributed by atoms with van der Waals surface area (Å²) in [4.78, 5) is 13.8. The van der Waals surface area contributed by atoms with E-state index in [0.717, 1.165) is 18.4 Å². The van der Waals surface area contributed by atoms with Gasteiger partial charge in [0.1, 0.15) is 12.4 Å². The number of halogens is 2. The van der Waals surface area contributed by atoms with E-state index in [0.29, 0.717) is 16.7 Å². The van der Waals surface area contributed by atoms with E-state index in [9.17, 15) is 9.18 Å². The van der Waals surface area contributed by atoms with E-state index < -0.39 is 0 Å². The molecule has 0 spiro atoms. The average molecular weight is 339 g/mol.